The topological polar surface area (TPSA) is 32.3 Å². The first-order chi connectivity index (χ1) is 8.08. The lowest BCUT2D eigenvalue weighted by molar-refractivity contribution is 0.194. The summed E-state index contributed by atoms with van der Waals surface area (Å²) in [5.74, 6) is 1.38. The number of aliphatic hydroxyl groups is 1. The normalized spacial score (nSPS) is 13.0. The van der Waals surface area contributed by atoms with E-state index >= 15 is 0 Å². The molecule has 0 amide bonds. The van der Waals surface area contributed by atoms with Gasteiger partial charge in [-0.3, -0.25) is 0 Å². The van der Waals surface area contributed by atoms with Gasteiger partial charge in [-0.2, -0.15) is 0 Å². The van der Waals surface area contributed by atoms with Crippen molar-refractivity contribution < 1.29 is 5.11 Å². The predicted molar refractivity (Wildman–Crippen MR) is 75.6 cm³/mol. The van der Waals surface area contributed by atoms with Crippen LogP contribution in [0.1, 0.15) is 19.4 Å². The molecule has 1 aromatic rings. The van der Waals surface area contributed by atoms with E-state index in [4.69, 9.17) is 0 Å². The number of aliphatic hydroxyl groups excluding tert-OH is 1. The number of hydrogen-bond acceptors (Lipinski definition) is 3. The Morgan fingerprint density at radius 1 is 1.18 bits per heavy atom. The van der Waals surface area contributed by atoms with E-state index in [0.29, 0.717) is 12.5 Å². The third-order valence-corrected chi connectivity index (χ3v) is 3.55. The van der Waals surface area contributed by atoms with Crippen molar-refractivity contribution >= 4 is 11.8 Å². The second kappa shape index (κ2) is 7.75. The molecule has 17 heavy (non-hydrogen) atoms. The van der Waals surface area contributed by atoms with Gasteiger partial charge in [-0.25, -0.2) is 0 Å². The van der Waals surface area contributed by atoms with E-state index in [1.54, 1.807) is 11.8 Å². The van der Waals surface area contributed by atoms with E-state index < -0.39 is 0 Å². The van der Waals surface area contributed by atoms with Crippen LogP contribution in [0.5, 0.6) is 0 Å². The summed E-state index contributed by atoms with van der Waals surface area (Å²) in [6, 6.07) is 8.42. The van der Waals surface area contributed by atoms with Gasteiger partial charge in [0.05, 0.1) is 6.10 Å². The van der Waals surface area contributed by atoms with Crippen molar-refractivity contribution in [3.63, 3.8) is 0 Å². The summed E-state index contributed by atoms with van der Waals surface area (Å²) in [5.41, 5.74) is 1.27. The van der Waals surface area contributed by atoms with Gasteiger partial charge >= 0.3 is 0 Å². The molecule has 0 aromatic heterocycles. The second-order valence-electron chi connectivity index (χ2n) is 4.83. The summed E-state index contributed by atoms with van der Waals surface area (Å²) >= 11 is 1.71. The predicted octanol–water partition coefficient (Wildman–Crippen LogP) is 2.69. The highest BCUT2D eigenvalue weighted by Crippen LogP contribution is 2.18. The zero-order chi connectivity index (χ0) is 12.7. The van der Waals surface area contributed by atoms with Crippen LogP contribution in [0, 0.1) is 12.8 Å². The lowest BCUT2D eigenvalue weighted by Crippen LogP contribution is -2.30. The number of nitrogens with one attached hydrogen (secondary N) is 1. The fourth-order valence-corrected chi connectivity index (χ4v) is 2.26. The van der Waals surface area contributed by atoms with Crippen LogP contribution >= 0.6 is 11.8 Å². The quantitative estimate of drug-likeness (QED) is 0.733. The molecule has 3 heteroatoms. The Labute approximate surface area is 109 Å². The number of thioether (sulfide) groups is 1. The maximum atomic E-state index is 9.79. The molecular formula is C14H23NOS. The second-order valence-corrected chi connectivity index (χ2v) is 5.92. The molecule has 96 valence electrons. The van der Waals surface area contributed by atoms with Gasteiger partial charge in [-0.1, -0.05) is 31.5 Å². The summed E-state index contributed by atoms with van der Waals surface area (Å²) in [4.78, 5) is 1.22. The lowest BCUT2D eigenvalue weighted by Gasteiger charge is -2.12. The Morgan fingerprint density at radius 2 is 1.82 bits per heavy atom. The van der Waals surface area contributed by atoms with E-state index in [9.17, 15) is 5.11 Å². The minimum absolute atomic E-state index is 0.278. The Morgan fingerprint density at radius 3 is 2.41 bits per heavy atom. The molecule has 1 aromatic carbocycles. The smallest absolute Gasteiger partial charge is 0.0758 e. The maximum Gasteiger partial charge on any atom is 0.0758 e. The molecule has 0 spiro atoms. The van der Waals surface area contributed by atoms with Gasteiger partial charge < -0.3 is 10.4 Å². The van der Waals surface area contributed by atoms with Crippen molar-refractivity contribution in [2.24, 2.45) is 5.92 Å². The van der Waals surface area contributed by atoms with Crippen molar-refractivity contribution in [3.8, 4) is 0 Å². The van der Waals surface area contributed by atoms with Crippen LogP contribution in [0.3, 0.4) is 0 Å². The van der Waals surface area contributed by atoms with E-state index in [1.807, 2.05) is 0 Å². The van der Waals surface area contributed by atoms with E-state index in [0.717, 1.165) is 12.3 Å². The zero-order valence-electron chi connectivity index (χ0n) is 10.9. The molecule has 0 radical (unpaired) electrons. The lowest BCUT2D eigenvalue weighted by atomic mass is 10.2. The van der Waals surface area contributed by atoms with Crippen LogP contribution in [0.15, 0.2) is 29.2 Å². The van der Waals surface area contributed by atoms with Gasteiger partial charge in [-0.05, 0) is 31.5 Å². The Hall–Kier alpha value is -0.510. The molecule has 0 saturated heterocycles. The summed E-state index contributed by atoms with van der Waals surface area (Å²) in [5, 5.41) is 13.1. The molecule has 1 rings (SSSR count). The van der Waals surface area contributed by atoms with Crippen molar-refractivity contribution in [1.29, 1.82) is 0 Å². The molecule has 0 fully saturated rings. The SMILES string of the molecule is Cc1ccc(SCC(O)CNCC(C)C)cc1. The summed E-state index contributed by atoms with van der Waals surface area (Å²) in [6.45, 7) is 8.06. The van der Waals surface area contributed by atoms with Crippen LogP contribution < -0.4 is 5.32 Å². The summed E-state index contributed by atoms with van der Waals surface area (Å²) in [6.07, 6.45) is -0.278. The Balaban J connectivity index is 2.19. The molecular weight excluding hydrogens is 230 g/mol. The fourth-order valence-electron chi connectivity index (χ4n) is 1.42. The minimum atomic E-state index is -0.278. The monoisotopic (exact) mass is 253 g/mol. The van der Waals surface area contributed by atoms with Crippen LogP contribution in [-0.2, 0) is 0 Å². The first kappa shape index (κ1) is 14.6. The first-order valence-electron chi connectivity index (χ1n) is 6.16. The Kier molecular flexibility index (Phi) is 6.63. The van der Waals surface area contributed by atoms with Crippen molar-refractivity contribution in [2.45, 2.75) is 31.8 Å². The molecule has 2 nitrogen and oxygen atoms in total. The third kappa shape index (κ3) is 6.71. The molecule has 2 N–H and O–H groups in total. The zero-order valence-corrected chi connectivity index (χ0v) is 11.8. The number of benzene rings is 1. The number of hydrogen-bond donors (Lipinski definition) is 2. The largest absolute Gasteiger partial charge is 0.391 e. The molecule has 0 aliphatic carbocycles. The van der Waals surface area contributed by atoms with Gasteiger partial charge in [0.15, 0.2) is 0 Å². The highest BCUT2D eigenvalue weighted by atomic mass is 32.2. The van der Waals surface area contributed by atoms with Crippen molar-refractivity contribution in [3.05, 3.63) is 29.8 Å². The first-order valence-corrected chi connectivity index (χ1v) is 7.14. The highest BCUT2D eigenvalue weighted by molar-refractivity contribution is 7.99. The third-order valence-electron chi connectivity index (χ3n) is 2.40. The summed E-state index contributed by atoms with van der Waals surface area (Å²) < 4.78 is 0. The van der Waals surface area contributed by atoms with Crippen LogP contribution in [0.4, 0.5) is 0 Å². The van der Waals surface area contributed by atoms with E-state index in [-0.39, 0.29) is 6.10 Å². The minimum Gasteiger partial charge on any atom is -0.391 e. The van der Waals surface area contributed by atoms with Crippen LogP contribution in [0.25, 0.3) is 0 Å². The standard InChI is InChI=1S/C14H23NOS/c1-11(2)8-15-9-13(16)10-17-14-6-4-12(3)5-7-14/h4-7,11,13,15-16H,8-10H2,1-3H3. The molecule has 1 atom stereocenters. The molecule has 1 unspecified atom stereocenters. The number of aryl methyl sites for hydroxylation is 1. The van der Waals surface area contributed by atoms with Gasteiger partial charge in [0.1, 0.15) is 0 Å². The van der Waals surface area contributed by atoms with Gasteiger partial charge in [0, 0.05) is 17.2 Å². The van der Waals surface area contributed by atoms with Crippen LogP contribution in [-0.4, -0.2) is 30.1 Å². The van der Waals surface area contributed by atoms with Crippen molar-refractivity contribution in [2.75, 3.05) is 18.8 Å². The average molecular weight is 253 g/mol. The number of rotatable bonds is 7. The highest BCUT2D eigenvalue weighted by Gasteiger charge is 2.05. The molecule has 0 heterocycles. The Bertz CT molecular complexity index is 311. The van der Waals surface area contributed by atoms with Crippen molar-refractivity contribution in [1.82, 2.24) is 5.32 Å². The van der Waals surface area contributed by atoms with E-state index in [2.05, 4.69) is 50.4 Å². The van der Waals surface area contributed by atoms with Gasteiger partial charge in [0.25, 0.3) is 0 Å². The molecule has 0 aliphatic heterocycles. The van der Waals surface area contributed by atoms with Gasteiger partial charge in [0.2, 0.25) is 0 Å². The average Bonchev–Trinajstić information content (AvgIpc) is 2.28. The summed E-state index contributed by atoms with van der Waals surface area (Å²) in [7, 11) is 0. The van der Waals surface area contributed by atoms with Gasteiger partial charge in [-0.15, -0.1) is 11.8 Å². The molecule has 0 aliphatic rings. The fraction of sp³-hybridized carbons (Fsp3) is 0.571. The molecule has 0 saturated carbocycles. The van der Waals surface area contributed by atoms with E-state index in [1.165, 1.54) is 10.5 Å². The molecule has 0 bridgehead atoms. The maximum absolute atomic E-state index is 9.79. The van der Waals surface area contributed by atoms with Crippen LogP contribution in [0.2, 0.25) is 0 Å².